The fourth-order valence-corrected chi connectivity index (χ4v) is 4.25. The van der Waals surface area contributed by atoms with Crippen molar-refractivity contribution in [2.45, 2.75) is 39.2 Å². The Morgan fingerprint density at radius 3 is 2.40 bits per heavy atom. The van der Waals surface area contributed by atoms with E-state index >= 15 is 0 Å². The molecule has 8 heteroatoms. The SMILES string of the molecule is CC[C@H](NC(=O)CCCN(c1ccc(F)cc1)S(C)(=O)=O)c1ccc(OC)c(C)c1. The highest BCUT2D eigenvalue weighted by Crippen LogP contribution is 2.24. The summed E-state index contributed by atoms with van der Waals surface area (Å²) in [6.07, 6.45) is 2.34. The molecule has 2 aromatic rings. The van der Waals surface area contributed by atoms with Gasteiger partial charge in [0, 0.05) is 13.0 Å². The van der Waals surface area contributed by atoms with Crippen molar-refractivity contribution < 1.29 is 22.3 Å². The van der Waals surface area contributed by atoms with E-state index in [4.69, 9.17) is 4.74 Å². The van der Waals surface area contributed by atoms with Gasteiger partial charge in [0.15, 0.2) is 0 Å². The summed E-state index contributed by atoms with van der Waals surface area (Å²) in [4.78, 5) is 12.5. The first-order chi connectivity index (χ1) is 14.2. The van der Waals surface area contributed by atoms with Gasteiger partial charge < -0.3 is 10.1 Å². The molecule has 0 saturated carbocycles. The molecule has 1 amide bonds. The van der Waals surface area contributed by atoms with Crippen LogP contribution in [0.25, 0.3) is 0 Å². The minimum absolute atomic E-state index is 0.134. The molecule has 0 heterocycles. The van der Waals surface area contributed by atoms with Crippen LogP contribution in [0.5, 0.6) is 5.75 Å². The Morgan fingerprint density at radius 2 is 1.87 bits per heavy atom. The number of ether oxygens (including phenoxy) is 1. The Bertz CT molecular complexity index is 962. The summed E-state index contributed by atoms with van der Waals surface area (Å²) >= 11 is 0. The molecule has 6 nitrogen and oxygen atoms in total. The number of benzene rings is 2. The highest BCUT2D eigenvalue weighted by Gasteiger charge is 2.19. The zero-order chi connectivity index (χ0) is 22.3. The normalized spacial score (nSPS) is 12.3. The van der Waals surface area contributed by atoms with Gasteiger partial charge in [0.05, 0.1) is 25.1 Å². The standard InChI is InChI=1S/C22H29FN2O4S/c1-5-20(17-8-13-21(29-3)16(2)15-17)24-22(26)7-6-14-25(30(4,27)28)19-11-9-18(23)10-12-19/h8-13,15,20H,5-7,14H2,1-4H3,(H,24,26)/t20-/m0/s1. The summed E-state index contributed by atoms with van der Waals surface area (Å²) in [5.74, 6) is 0.204. The Balaban J connectivity index is 1.98. The number of nitrogens with one attached hydrogen (secondary N) is 1. The van der Waals surface area contributed by atoms with Gasteiger partial charge in [-0.1, -0.05) is 19.1 Å². The Hall–Kier alpha value is -2.61. The molecule has 1 atom stereocenters. The van der Waals surface area contributed by atoms with Crippen LogP contribution in [0.2, 0.25) is 0 Å². The topological polar surface area (TPSA) is 75.7 Å². The molecule has 1 N–H and O–H groups in total. The lowest BCUT2D eigenvalue weighted by Crippen LogP contribution is -2.33. The summed E-state index contributed by atoms with van der Waals surface area (Å²) in [5.41, 5.74) is 2.36. The molecule has 0 aliphatic heterocycles. The first-order valence-corrected chi connectivity index (χ1v) is 11.7. The van der Waals surface area contributed by atoms with Crippen molar-refractivity contribution in [3.8, 4) is 5.75 Å². The van der Waals surface area contributed by atoms with E-state index in [0.29, 0.717) is 12.1 Å². The lowest BCUT2D eigenvalue weighted by molar-refractivity contribution is -0.121. The van der Waals surface area contributed by atoms with Gasteiger partial charge in [0.25, 0.3) is 0 Å². The number of anilines is 1. The van der Waals surface area contributed by atoms with E-state index in [1.807, 2.05) is 32.0 Å². The Labute approximate surface area is 178 Å². The van der Waals surface area contributed by atoms with E-state index in [9.17, 15) is 17.6 Å². The molecule has 0 fully saturated rings. The van der Waals surface area contributed by atoms with Crippen LogP contribution < -0.4 is 14.4 Å². The molecular formula is C22H29FN2O4S. The monoisotopic (exact) mass is 436 g/mol. The fraction of sp³-hybridized carbons (Fsp3) is 0.409. The maximum Gasteiger partial charge on any atom is 0.232 e. The third-order valence-electron chi connectivity index (χ3n) is 4.84. The largest absolute Gasteiger partial charge is 0.496 e. The summed E-state index contributed by atoms with van der Waals surface area (Å²) in [6.45, 7) is 4.08. The van der Waals surface area contributed by atoms with Crippen LogP contribution >= 0.6 is 0 Å². The molecule has 0 aliphatic rings. The van der Waals surface area contributed by atoms with E-state index in [2.05, 4.69) is 5.32 Å². The van der Waals surface area contributed by atoms with Gasteiger partial charge in [-0.3, -0.25) is 9.10 Å². The van der Waals surface area contributed by atoms with Crippen molar-refractivity contribution in [3.63, 3.8) is 0 Å². The summed E-state index contributed by atoms with van der Waals surface area (Å²) in [5, 5.41) is 3.01. The van der Waals surface area contributed by atoms with E-state index in [-0.39, 0.29) is 24.9 Å². The highest BCUT2D eigenvalue weighted by molar-refractivity contribution is 7.92. The predicted molar refractivity (Wildman–Crippen MR) is 117 cm³/mol. The van der Waals surface area contributed by atoms with Crippen LogP contribution in [-0.4, -0.2) is 34.2 Å². The smallest absolute Gasteiger partial charge is 0.232 e. The van der Waals surface area contributed by atoms with Crippen molar-refractivity contribution in [1.82, 2.24) is 5.32 Å². The number of carbonyl (C=O) groups excluding carboxylic acids is 1. The number of sulfonamides is 1. The van der Waals surface area contributed by atoms with Crippen LogP contribution in [0.15, 0.2) is 42.5 Å². The zero-order valence-corrected chi connectivity index (χ0v) is 18.6. The summed E-state index contributed by atoms with van der Waals surface area (Å²) in [7, 11) is -1.93. The second kappa shape index (κ2) is 10.4. The van der Waals surface area contributed by atoms with Gasteiger partial charge in [-0.25, -0.2) is 12.8 Å². The van der Waals surface area contributed by atoms with Gasteiger partial charge in [0.2, 0.25) is 15.9 Å². The number of nitrogens with zero attached hydrogens (tertiary/aromatic N) is 1. The second-order valence-corrected chi connectivity index (χ2v) is 9.08. The van der Waals surface area contributed by atoms with Gasteiger partial charge >= 0.3 is 0 Å². The molecule has 164 valence electrons. The summed E-state index contributed by atoms with van der Waals surface area (Å²) < 4.78 is 43.8. The third-order valence-corrected chi connectivity index (χ3v) is 6.04. The molecule has 0 saturated heterocycles. The van der Waals surface area contributed by atoms with Crippen LogP contribution in [0.4, 0.5) is 10.1 Å². The number of halogens is 1. The maximum absolute atomic E-state index is 13.1. The first-order valence-electron chi connectivity index (χ1n) is 9.83. The Morgan fingerprint density at radius 1 is 1.20 bits per heavy atom. The quantitative estimate of drug-likeness (QED) is 0.612. The molecule has 0 radical (unpaired) electrons. The number of hydrogen-bond donors (Lipinski definition) is 1. The van der Waals surface area contributed by atoms with Crippen LogP contribution in [-0.2, 0) is 14.8 Å². The van der Waals surface area contributed by atoms with E-state index in [1.165, 1.54) is 28.6 Å². The number of carbonyl (C=O) groups is 1. The molecular weight excluding hydrogens is 407 g/mol. The van der Waals surface area contributed by atoms with Gasteiger partial charge in [-0.15, -0.1) is 0 Å². The second-order valence-electron chi connectivity index (χ2n) is 7.17. The fourth-order valence-electron chi connectivity index (χ4n) is 3.28. The highest BCUT2D eigenvalue weighted by atomic mass is 32.2. The lowest BCUT2D eigenvalue weighted by atomic mass is 10.0. The molecule has 0 aromatic heterocycles. The van der Waals surface area contributed by atoms with Crippen molar-refractivity contribution >= 4 is 21.6 Å². The number of methoxy groups -OCH3 is 1. The average molecular weight is 437 g/mol. The van der Waals surface area contributed by atoms with Crippen molar-refractivity contribution in [3.05, 3.63) is 59.4 Å². The van der Waals surface area contributed by atoms with E-state index < -0.39 is 15.8 Å². The van der Waals surface area contributed by atoms with Crippen molar-refractivity contribution in [2.75, 3.05) is 24.2 Å². The lowest BCUT2D eigenvalue weighted by Gasteiger charge is -2.23. The van der Waals surface area contributed by atoms with E-state index in [0.717, 1.165) is 29.6 Å². The van der Waals surface area contributed by atoms with Crippen molar-refractivity contribution in [2.24, 2.45) is 0 Å². The number of amides is 1. The first kappa shape index (κ1) is 23.7. The van der Waals surface area contributed by atoms with Crippen LogP contribution in [0.3, 0.4) is 0 Å². The predicted octanol–water partition coefficient (Wildman–Crippen LogP) is 3.96. The van der Waals surface area contributed by atoms with Gasteiger partial charge in [-0.2, -0.15) is 0 Å². The molecule has 0 bridgehead atoms. The zero-order valence-electron chi connectivity index (χ0n) is 17.8. The van der Waals surface area contributed by atoms with Gasteiger partial charge in [0.1, 0.15) is 11.6 Å². The minimum Gasteiger partial charge on any atom is -0.496 e. The van der Waals surface area contributed by atoms with Gasteiger partial charge in [-0.05, 0) is 61.2 Å². The number of hydrogen-bond acceptors (Lipinski definition) is 4. The summed E-state index contributed by atoms with van der Waals surface area (Å²) in [6, 6.07) is 10.9. The molecule has 2 rings (SSSR count). The number of aryl methyl sites for hydroxylation is 1. The van der Waals surface area contributed by atoms with E-state index in [1.54, 1.807) is 7.11 Å². The minimum atomic E-state index is -3.54. The molecule has 2 aromatic carbocycles. The Kier molecular flexibility index (Phi) is 8.23. The molecule has 0 unspecified atom stereocenters. The molecule has 0 spiro atoms. The maximum atomic E-state index is 13.1. The van der Waals surface area contributed by atoms with Crippen LogP contribution in [0.1, 0.15) is 43.4 Å². The third kappa shape index (κ3) is 6.45. The van der Waals surface area contributed by atoms with Crippen molar-refractivity contribution in [1.29, 1.82) is 0 Å². The van der Waals surface area contributed by atoms with Crippen LogP contribution in [0, 0.1) is 12.7 Å². The number of rotatable bonds is 10. The molecule has 30 heavy (non-hydrogen) atoms. The molecule has 0 aliphatic carbocycles. The average Bonchev–Trinajstić information content (AvgIpc) is 2.69.